The minimum Gasteiger partial charge on any atom is -0.383 e. The third-order valence-corrected chi connectivity index (χ3v) is 4.92. The van der Waals surface area contributed by atoms with Crippen molar-refractivity contribution in [2.24, 2.45) is 5.73 Å². The third-order valence-electron chi connectivity index (χ3n) is 3.95. The van der Waals surface area contributed by atoms with Crippen LogP contribution in [0.4, 0.5) is 0 Å². The van der Waals surface area contributed by atoms with E-state index in [0.29, 0.717) is 15.9 Å². The van der Waals surface area contributed by atoms with Crippen LogP contribution in [0.2, 0.25) is 0 Å². The normalized spacial score (nSPS) is 13.3. The number of allylic oxidation sites excluding steroid dienone is 1. The zero-order valence-corrected chi connectivity index (χ0v) is 13.9. The van der Waals surface area contributed by atoms with Gasteiger partial charge < -0.3 is 5.73 Å². The van der Waals surface area contributed by atoms with Crippen LogP contribution in [0.3, 0.4) is 0 Å². The summed E-state index contributed by atoms with van der Waals surface area (Å²) in [6.45, 7) is 0. The first-order valence-corrected chi connectivity index (χ1v) is 8.49. The average molecular weight is 346 g/mol. The summed E-state index contributed by atoms with van der Waals surface area (Å²) in [5, 5.41) is 18.4. The van der Waals surface area contributed by atoms with E-state index in [4.69, 9.17) is 11.0 Å². The number of rotatable bonds is 3. The molecule has 7 heteroatoms. The highest BCUT2D eigenvalue weighted by Crippen LogP contribution is 2.35. The maximum atomic E-state index is 9.15. The Balaban J connectivity index is 1.85. The lowest BCUT2D eigenvalue weighted by Crippen LogP contribution is -2.28. The quantitative estimate of drug-likeness (QED) is 0.757. The molecular formula is C18H14N6S. The number of hydrogen-bond acceptors (Lipinski definition) is 6. The van der Waals surface area contributed by atoms with Crippen LogP contribution in [0.15, 0.2) is 76.5 Å². The highest BCUT2D eigenvalue weighted by molar-refractivity contribution is 8.03. The van der Waals surface area contributed by atoms with Gasteiger partial charge in [0.25, 0.3) is 0 Å². The average Bonchev–Trinajstić information content (AvgIpc) is 3.05. The van der Waals surface area contributed by atoms with Gasteiger partial charge in [-0.05, 0) is 22.9 Å². The minimum atomic E-state index is -0.104. The highest BCUT2D eigenvalue weighted by Gasteiger charge is 2.28. The molecule has 4 rings (SSSR count). The van der Waals surface area contributed by atoms with Gasteiger partial charge in [0.1, 0.15) is 16.8 Å². The van der Waals surface area contributed by atoms with Gasteiger partial charge in [-0.2, -0.15) is 5.26 Å². The summed E-state index contributed by atoms with van der Waals surface area (Å²) in [5.41, 5.74) is 11.2. The standard InChI is InChI=1S/C18H14N6S/c19-11-14-16(20)23-24-17(21-22-18(24)25-14)15(12-7-3-1-4-8-12)13-9-5-2-6-10-13/h1-10,15,23H,20H2. The molecule has 122 valence electrons. The Hall–Kier alpha value is -3.24. The molecule has 0 saturated carbocycles. The molecule has 0 bridgehead atoms. The summed E-state index contributed by atoms with van der Waals surface area (Å²) in [5.74, 6) is 0.925. The van der Waals surface area contributed by atoms with Gasteiger partial charge in [0.05, 0.1) is 5.92 Å². The van der Waals surface area contributed by atoms with Gasteiger partial charge >= 0.3 is 0 Å². The molecule has 3 N–H and O–H groups in total. The van der Waals surface area contributed by atoms with Crippen molar-refractivity contribution in [2.75, 3.05) is 5.43 Å². The molecule has 0 saturated heterocycles. The number of nitrogens with one attached hydrogen (secondary N) is 1. The van der Waals surface area contributed by atoms with Crippen molar-refractivity contribution in [1.29, 1.82) is 5.26 Å². The van der Waals surface area contributed by atoms with E-state index >= 15 is 0 Å². The molecule has 1 aliphatic rings. The molecule has 0 aliphatic carbocycles. The van der Waals surface area contributed by atoms with Crippen LogP contribution in [0.25, 0.3) is 0 Å². The fraction of sp³-hybridized carbons (Fsp3) is 0.0556. The van der Waals surface area contributed by atoms with E-state index in [-0.39, 0.29) is 5.92 Å². The largest absolute Gasteiger partial charge is 0.383 e. The van der Waals surface area contributed by atoms with E-state index in [1.807, 2.05) is 36.4 Å². The second-order valence-electron chi connectivity index (χ2n) is 5.50. The van der Waals surface area contributed by atoms with E-state index in [2.05, 4.69) is 46.0 Å². The molecule has 0 atom stereocenters. The Morgan fingerprint density at radius 2 is 1.60 bits per heavy atom. The Morgan fingerprint density at radius 3 is 2.16 bits per heavy atom. The van der Waals surface area contributed by atoms with Crippen LogP contribution < -0.4 is 11.2 Å². The molecule has 0 amide bonds. The first-order chi connectivity index (χ1) is 12.3. The Kier molecular flexibility index (Phi) is 3.88. The number of hydrogen-bond donors (Lipinski definition) is 2. The zero-order chi connectivity index (χ0) is 17.2. The van der Waals surface area contributed by atoms with Gasteiger partial charge in [-0.25, -0.2) is 4.68 Å². The summed E-state index contributed by atoms with van der Waals surface area (Å²) >= 11 is 1.21. The van der Waals surface area contributed by atoms with Gasteiger partial charge in [-0.3, -0.25) is 5.43 Å². The predicted molar refractivity (Wildman–Crippen MR) is 95.9 cm³/mol. The molecule has 2 aromatic carbocycles. The molecule has 0 radical (unpaired) electrons. The third kappa shape index (κ3) is 2.73. The van der Waals surface area contributed by atoms with Crippen molar-refractivity contribution in [3.63, 3.8) is 0 Å². The number of nitriles is 1. The second-order valence-corrected chi connectivity index (χ2v) is 6.48. The maximum Gasteiger partial charge on any atom is 0.216 e. The summed E-state index contributed by atoms with van der Waals surface area (Å²) in [6, 6.07) is 22.3. The molecule has 0 spiro atoms. The predicted octanol–water partition coefficient (Wildman–Crippen LogP) is 2.76. The van der Waals surface area contributed by atoms with E-state index in [1.165, 1.54) is 11.8 Å². The van der Waals surface area contributed by atoms with Crippen LogP contribution in [-0.4, -0.2) is 14.9 Å². The van der Waals surface area contributed by atoms with Crippen molar-refractivity contribution in [2.45, 2.75) is 11.1 Å². The van der Waals surface area contributed by atoms with Crippen LogP contribution in [0.1, 0.15) is 22.9 Å². The lowest BCUT2D eigenvalue weighted by Gasteiger charge is -2.22. The molecule has 6 nitrogen and oxygen atoms in total. The second kappa shape index (κ2) is 6.34. The highest BCUT2D eigenvalue weighted by atomic mass is 32.2. The fourth-order valence-electron chi connectivity index (χ4n) is 2.82. The van der Waals surface area contributed by atoms with Crippen molar-refractivity contribution < 1.29 is 0 Å². The number of nitrogens with zero attached hydrogens (tertiary/aromatic N) is 4. The number of aromatic nitrogens is 3. The Bertz CT molecular complexity index is 932. The van der Waals surface area contributed by atoms with Crippen molar-refractivity contribution in [3.05, 3.63) is 88.3 Å². The van der Waals surface area contributed by atoms with Gasteiger partial charge in [0.2, 0.25) is 5.16 Å². The van der Waals surface area contributed by atoms with Crippen LogP contribution >= 0.6 is 11.8 Å². The van der Waals surface area contributed by atoms with Gasteiger partial charge in [-0.15, -0.1) is 10.2 Å². The van der Waals surface area contributed by atoms with Crippen molar-refractivity contribution in [3.8, 4) is 6.07 Å². The number of nitrogens with two attached hydrogens (primary N) is 1. The van der Waals surface area contributed by atoms with Gasteiger partial charge in [0, 0.05) is 0 Å². The first-order valence-electron chi connectivity index (χ1n) is 7.68. The molecule has 0 unspecified atom stereocenters. The molecule has 1 aromatic heterocycles. The first kappa shape index (κ1) is 15.3. The Labute approximate surface area is 149 Å². The number of thioether (sulfide) groups is 1. The number of fused-ring (bicyclic) bond motifs is 1. The molecular weight excluding hydrogens is 332 g/mol. The monoisotopic (exact) mass is 346 g/mol. The summed E-state index contributed by atoms with van der Waals surface area (Å²) in [4.78, 5) is 0.391. The van der Waals surface area contributed by atoms with Gasteiger partial charge in [0.15, 0.2) is 5.82 Å². The molecule has 1 aliphatic heterocycles. The fourth-order valence-corrected chi connectivity index (χ4v) is 3.52. The molecule has 25 heavy (non-hydrogen) atoms. The SMILES string of the molecule is N#CC1=C(N)Nn2c(nnc2C(c2ccccc2)c2ccccc2)S1. The summed E-state index contributed by atoms with van der Waals surface area (Å²) in [6.07, 6.45) is 0. The topological polar surface area (TPSA) is 92.6 Å². The molecule has 2 heterocycles. The maximum absolute atomic E-state index is 9.15. The van der Waals surface area contributed by atoms with Gasteiger partial charge in [-0.1, -0.05) is 60.7 Å². The summed E-state index contributed by atoms with van der Waals surface area (Å²) in [7, 11) is 0. The van der Waals surface area contributed by atoms with Crippen molar-refractivity contribution in [1.82, 2.24) is 14.9 Å². The summed E-state index contributed by atoms with van der Waals surface area (Å²) < 4.78 is 1.76. The molecule has 3 aromatic rings. The minimum absolute atomic E-state index is 0.104. The van der Waals surface area contributed by atoms with Crippen molar-refractivity contribution >= 4 is 11.8 Å². The zero-order valence-electron chi connectivity index (χ0n) is 13.1. The molecule has 0 fully saturated rings. The van der Waals surface area contributed by atoms with Crippen LogP contribution in [0, 0.1) is 11.3 Å². The lowest BCUT2D eigenvalue weighted by molar-refractivity contribution is 0.721. The lowest BCUT2D eigenvalue weighted by atomic mass is 9.91. The van der Waals surface area contributed by atoms with E-state index in [9.17, 15) is 0 Å². The van der Waals surface area contributed by atoms with E-state index in [0.717, 1.165) is 17.0 Å². The van der Waals surface area contributed by atoms with E-state index < -0.39 is 0 Å². The number of benzene rings is 2. The smallest absolute Gasteiger partial charge is 0.216 e. The van der Waals surface area contributed by atoms with E-state index in [1.54, 1.807) is 4.68 Å². The van der Waals surface area contributed by atoms with Crippen LogP contribution in [-0.2, 0) is 0 Å². The van der Waals surface area contributed by atoms with Crippen LogP contribution in [0.5, 0.6) is 0 Å². The Morgan fingerprint density at radius 1 is 1.00 bits per heavy atom.